The second-order valence-electron chi connectivity index (χ2n) is 4.60. The number of aliphatic carboxylic acids is 1. The highest BCUT2D eigenvalue weighted by atomic mass is 32.2. The van der Waals surface area contributed by atoms with Gasteiger partial charge in [-0.15, -0.1) is 0 Å². The van der Waals surface area contributed by atoms with Gasteiger partial charge in [-0.3, -0.25) is 0 Å². The first-order chi connectivity index (χ1) is 7.72. The molecule has 5 nitrogen and oxygen atoms in total. The van der Waals surface area contributed by atoms with E-state index in [9.17, 15) is 9.59 Å². The van der Waals surface area contributed by atoms with E-state index in [1.165, 1.54) is 13.8 Å². The quantitative estimate of drug-likeness (QED) is 0.763. The molecule has 0 radical (unpaired) electrons. The van der Waals surface area contributed by atoms with E-state index >= 15 is 0 Å². The smallest absolute Gasteiger partial charge is 0.328 e. The van der Waals surface area contributed by atoms with Crippen molar-refractivity contribution in [3.05, 3.63) is 0 Å². The van der Waals surface area contributed by atoms with Crippen LogP contribution < -0.4 is 5.32 Å². The molecule has 0 bridgehead atoms. The van der Waals surface area contributed by atoms with Crippen molar-refractivity contribution in [2.75, 3.05) is 19.1 Å². The number of urea groups is 1. The Morgan fingerprint density at radius 3 is 2.41 bits per heavy atom. The van der Waals surface area contributed by atoms with Crippen LogP contribution in [0.4, 0.5) is 4.79 Å². The highest BCUT2D eigenvalue weighted by Crippen LogP contribution is 2.08. The van der Waals surface area contributed by atoms with Crippen molar-refractivity contribution in [1.29, 1.82) is 0 Å². The number of carboxylic acid groups (broad SMARTS) is 1. The molecular formula is C11H22N2O3S. The first-order valence-electron chi connectivity index (χ1n) is 5.49. The fourth-order valence-corrected chi connectivity index (χ4v) is 1.67. The number of rotatable bonds is 6. The van der Waals surface area contributed by atoms with Crippen LogP contribution in [0.5, 0.6) is 0 Å². The van der Waals surface area contributed by atoms with Crippen molar-refractivity contribution >= 4 is 23.8 Å². The van der Waals surface area contributed by atoms with E-state index < -0.39 is 11.5 Å². The molecule has 100 valence electrons. The van der Waals surface area contributed by atoms with E-state index in [2.05, 4.69) is 5.32 Å². The highest BCUT2D eigenvalue weighted by molar-refractivity contribution is 7.98. The standard InChI is InChI=1S/C11H22N2O3S/c1-8(6-7-17-5)13(4)10(16)12-11(2,3)9(14)15/h8H,6-7H2,1-5H3,(H,12,16)(H,14,15). The van der Waals surface area contributed by atoms with Crippen LogP contribution in [-0.4, -0.2) is 52.6 Å². The molecule has 2 amide bonds. The monoisotopic (exact) mass is 262 g/mol. The Hall–Kier alpha value is -0.910. The van der Waals surface area contributed by atoms with E-state index in [4.69, 9.17) is 5.11 Å². The lowest BCUT2D eigenvalue weighted by Gasteiger charge is -2.29. The van der Waals surface area contributed by atoms with Gasteiger partial charge in [-0.05, 0) is 39.2 Å². The summed E-state index contributed by atoms with van der Waals surface area (Å²) < 4.78 is 0. The highest BCUT2D eigenvalue weighted by Gasteiger charge is 2.30. The average Bonchev–Trinajstić information content (AvgIpc) is 2.23. The molecule has 1 unspecified atom stereocenters. The third-order valence-electron chi connectivity index (χ3n) is 2.68. The number of carbonyl (C=O) groups is 2. The second kappa shape index (κ2) is 6.74. The topological polar surface area (TPSA) is 69.6 Å². The minimum absolute atomic E-state index is 0.0899. The zero-order valence-corrected chi connectivity index (χ0v) is 11.9. The van der Waals surface area contributed by atoms with Gasteiger partial charge in [0, 0.05) is 13.1 Å². The molecule has 0 aromatic carbocycles. The number of amides is 2. The third-order valence-corrected chi connectivity index (χ3v) is 3.32. The molecule has 2 N–H and O–H groups in total. The number of carbonyl (C=O) groups excluding carboxylic acids is 1. The molecule has 17 heavy (non-hydrogen) atoms. The van der Waals surface area contributed by atoms with E-state index in [-0.39, 0.29) is 12.1 Å². The molecule has 0 aromatic rings. The molecule has 0 fully saturated rings. The lowest BCUT2D eigenvalue weighted by Crippen LogP contribution is -2.55. The van der Waals surface area contributed by atoms with E-state index in [0.717, 1.165) is 12.2 Å². The molecule has 1 atom stereocenters. The molecule has 0 aliphatic carbocycles. The van der Waals surface area contributed by atoms with Gasteiger partial charge in [0.25, 0.3) is 0 Å². The van der Waals surface area contributed by atoms with E-state index in [1.54, 1.807) is 23.7 Å². The number of thioether (sulfide) groups is 1. The van der Waals surface area contributed by atoms with E-state index in [0.29, 0.717) is 0 Å². The molecule has 0 heterocycles. The lowest BCUT2D eigenvalue weighted by molar-refractivity contribution is -0.143. The maximum atomic E-state index is 11.8. The van der Waals surface area contributed by atoms with Crippen LogP contribution in [0, 0.1) is 0 Å². The van der Waals surface area contributed by atoms with Crippen molar-refractivity contribution in [3.8, 4) is 0 Å². The molecule has 6 heteroatoms. The zero-order chi connectivity index (χ0) is 13.6. The summed E-state index contributed by atoms with van der Waals surface area (Å²) >= 11 is 1.72. The van der Waals surface area contributed by atoms with Crippen LogP contribution in [0.1, 0.15) is 27.2 Å². The summed E-state index contributed by atoms with van der Waals surface area (Å²) in [6, 6.07) is -0.266. The van der Waals surface area contributed by atoms with Gasteiger partial charge in [-0.2, -0.15) is 11.8 Å². The molecule has 0 saturated carbocycles. The maximum absolute atomic E-state index is 11.8. The van der Waals surface area contributed by atoms with Gasteiger partial charge in [-0.25, -0.2) is 9.59 Å². The molecule has 0 saturated heterocycles. The average molecular weight is 262 g/mol. The SMILES string of the molecule is CSCCC(C)N(C)C(=O)NC(C)(C)C(=O)O. The Labute approximate surface area is 107 Å². The Bertz CT molecular complexity index is 282. The predicted octanol–water partition coefficient (Wildman–Crippen LogP) is 1.63. The molecule has 0 aliphatic heterocycles. The second-order valence-corrected chi connectivity index (χ2v) is 5.59. The summed E-state index contributed by atoms with van der Waals surface area (Å²) in [5, 5.41) is 11.4. The summed E-state index contributed by atoms with van der Waals surface area (Å²) in [6.45, 7) is 4.88. The first kappa shape index (κ1) is 16.1. The van der Waals surface area contributed by atoms with Crippen molar-refractivity contribution in [1.82, 2.24) is 10.2 Å². The van der Waals surface area contributed by atoms with Crippen molar-refractivity contribution in [2.45, 2.75) is 38.8 Å². The maximum Gasteiger partial charge on any atom is 0.328 e. The van der Waals surface area contributed by atoms with Gasteiger partial charge < -0.3 is 15.3 Å². The minimum atomic E-state index is -1.25. The molecule has 0 aliphatic rings. The molecule has 0 aromatic heterocycles. The van der Waals surface area contributed by atoms with Gasteiger partial charge in [0.1, 0.15) is 5.54 Å². The number of hydrogen-bond donors (Lipinski definition) is 2. The Kier molecular flexibility index (Phi) is 6.37. The number of nitrogens with zero attached hydrogens (tertiary/aromatic N) is 1. The van der Waals surface area contributed by atoms with Crippen molar-refractivity contribution < 1.29 is 14.7 Å². The van der Waals surface area contributed by atoms with Crippen LogP contribution in [0.2, 0.25) is 0 Å². The van der Waals surface area contributed by atoms with Crippen LogP contribution in [0.3, 0.4) is 0 Å². The molecular weight excluding hydrogens is 240 g/mol. The van der Waals surface area contributed by atoms with Crippen LogP contribution in [0.15, 0.2) is 0 Å². The summed E-state index contributed by atoms with van der Waals surface area (Å²) in [6.07, 6.45) is 2.90. The number of nitrogens with one attached hydrogen (secondary N) is 1. The predicted molar refractivity (Wildman–Crippen MR) is 70.5 cm³/mol. The summed E-state index contributed by atoms with van der Waals surface area (Å²) in [5.74, 6) is -0.0720. The van der Waals surface area contributed by atoms with Gasteiger partial charge in [0.2, 0.25) is 0 Å². The molecule has 0 rings (SSSR count). The molecule has 0 spiro atoms. The van der Waals surface area contributed by atoms with Crippen molar-refractivity contribution in [2.24, 2.45) is 0 Å². The lowest BCUT2D eigenvalue weighted by atomic mass is 10.1. The minimum Gasteiger partial charge on any atom is -0.480 e. The summed E-state index contributed by atoms with van der Waals surface area (Å²) in [4.78, 5) is 24.2. The fourth-order valence-electron chi connectivity index (χ4n) is 1.09. The van der Waals surface area contributed by atoms with Crippen LogP contribution >= 0.6 is 11.8 Å². The van der Waals surface area contributed by atoms with Crippen LogP contribution in [-0.2, 0) is 4.79 Å². The summed E-state index contributed by atoms with van der Waals surface area (Å²) in [5.41, 5.74) is -1.25. The zero-order valence-electron chi connectivity index (χ0n) is 11.1. The van der Waals surface area contributed by atoms with Gasteiger partial charge in [-0.1, -0.05) is 0 Å². The Balaban J connectivity index is 4.36. The van der Waals surface area contributed by atoms with Crippen LogP contribution in [0.25, 0.3) is 0 Å². The number of carboxylic acids is 1. The fraction of sp³-hybridized carbons (Fsp3) is 0.818. The normalized spacial score (nSPS) is 13.0. The largest absolute Gasteiger partial charge is 0.480 e. The third kappa shape index (κ3) is 5.30. The van der Waals surface area contributed by atoms with E-state index in [1.807, 2.05) is 13.2 Å². The van der Waals surface area contributed by atoms with Gasteiger partial charge in [0.15, 0.2) is 0 Å². The van der Waals surface area contributed by atoms with Crippen molar-refractivity contribution in [3.63, 3.8) is 0 Å². The first-order valence-corrected chi connectivity index (χ1v) is 6.89. The number of hydrogen-bond acceptors (Lipinski definition) is 3. The van der Waals surface area contributed by atoms with Gasteiger partial charge in [0.05, 0.1) is 0 Å². The summed E-state index contributed by atoms with van der Waals surface area (Å²) in [7, 11) is 1.68. The Morgan fingerprint density at radius 2 is 2.00 bits per heavy atom. The Morgan fingerprint density at radius 1 is 1.47 bits per heavy atom. The van der Waals surface area contributed by atoms with Gasteiger partial charge >= 0.3 is 12.0 Å².